The average molecular weight is 202 g/mol. The molecule has 0 bridgehead atoms. The number of hydrogen-bond donors (Lipinski definition) is 2. The molecule has 4 heteroatoms. The van der Waals surface area contributed by atoms with E-state index < -0.39 is 0 Å². The van der Waals surface area contributed by atoms with Crippen LogP contribution >= 0.6 is 0 Å². The van der Waals surface area contributed by atoms with Crippen molar-refractivity contribution < 1.29 is 9.53 Å². The fraction of sp³-hybridized carbons (Fsp3) is 0.900. The molecular formula is C10H22N2O2. The second-order valence-electron chi connectivity index (χ2n) is 4.19. The monoisotopic (exact) mass is 202 g/mol. The molecule has 0 aromatic rings. The fourth-order valence-electron chi connectivity index (χ4n) is 0.947. The van der Waals surface area contributed by atoms with E-state index in [9.17, 15) is 4.79 Å². The number of ether oxygens (including phenoxy) is 1. The zero-order chi connectivity index (χ0) is 11.2. The van der Waals surface area contributed by atoms with Crippen LogP contribution in [0.25, 0.3) is 0 Å². The van der Waals surface area contributed by atoms with Crippen molar-refractivity contribution in [1.29, 1.82) is 0 Å². The number of methoxy groups -OCH3 is 1. The molecule has 14 heavy (non-hydrogen) atoms. The molecule has 0 aliphatic heterocycles. The normalized spacial score (nSPS) is 13.5. The quantitative estimate of drug-likeness (QED) is 0.710. The van der Waals surface area contributed by atoms with Crippen LogP contribution in [0, 0.1) is 0 Å². The Kier molecular flexibility index (Phi) is 5.53. The summed E-state index contributed by atoms with van der Waals surface area (Å²) in [7, 11) is 1.62. The lowest BCUT2D eigenvalue weighted by Gasteiger charge is -2.25. The maximum absolute atomic E-state index is 11.4. The fourth-order valence-corrected chi connectivity index (χ4v) is 0.947. The Morgan fingerprint density at radius 3 is 2.50 bits per heavy atom. The molecule has 0 saturated heterocycles. The first-order valence-corrected chi connectivity index (χ1v) is 4.99. The van der Waals surface area contributed by atoms with Crippen molar-refractivity contribution in [2.45, 2.75) is 45.7 Å². The minimum atomic E-state index is -0.156. The summed E-state index contributed by atoms with van der Waals surface area (Å²) < 4.78 is 4.92. The molecule has 0 spiro atoms. The van der Waals surface area contributed by atoms with Crippen molar-refractivity contribution in [3.8, 4) is 0 Å². The second kappa shape index (κ2) is 5.86. The molecule has 0 fully saturated rings. The first kappa shape index (κ1) is 13.2. The summed E-state index contributed by atoms with van der Waals surface area (Å²) in [6.45, 7) is 8.46. The minimum absolute atomic E-state index is 0.0349. The summed E-state index contributed by atoms with van der Waals surface area (Å²) in [5.74, 6) is 0. The lowest BCUT2D eigenvalue weighted by molar-refractivity contribution is 0.169. The topological polar surface area (TPSA) is 50.4 Å². The molecule has 0 rings (SSSR count). The summed E-state index contributed by atoms with van der Waals surface area (Å²) in [6.07, 6.45) is 0.902. The van der Waals surface area contributed by atoms with E-state index >= 15 is 0 Å². The SMILES string of the molecule is CCC(C)(C)NC(=O)N[C@@H](C)COC. The van der Waals surface area contributed by atoms with Gasteiger partial charge in [-0.05, 0) is 27.2 Å². The van der Waals surface area contributed by atoms with Crippen molar-refractivity contribution in [3.05, 3.63) is 0 Å². The summed E-state index contributed by atoms with van der Waals surface area (Å²) in [4.78, 5) is 11.4. The van der Waals surface area contributed by atoms with Crippen LogP contribution in [-0.4, -0.2) is 31.3 Å². The predicted molar refractivity (Wildman–Crippen MR) is 57.4 cm³/mol. The predicted octanol–water partition coefficient (Wildman–Crippen LogP) is 1.51. The highest BCUT2D eigenvalue weighted by molar-refractivity contribution is 5.74. The second-order valence-corrected chi connectivity index (χ2v) is 4.19. The molecule has 0 aliphatic rings. The van der Waals surface area contributed by atoms with Gasteiger partial charge in [0.05, 0.1) is 12.6 Å². The molecule has 4 nitrogen and oxygen atoms in total. The van der Waals surface area contributed by atoms with Crippen LogP contribution in [0.3, 0.4) is 0 Å². The summed E-state index contributed by atoms with van der Waals surface area (Å²) in [5.41, 5.74) is -0.156. The molecule has 84 valence electrons. The van der Waals surface area contributed by atoms with Crippen LogP contribution in [0.15, 0.2) is 0 Å². The highest BCUT2D eigenvalue weighted by atomic mass is 16.5. The molecular weight excluding hydrogens is 180 g/mol. The van der Waals surface area contributed by atoms with Gasteiger partial charge in [0.25, 0.3) is 0 Å². The van der Waals surface area contributed by atoms with Crippen molar-refractivity contribution in [2.24, 2.45) is 0 Å². The number of rotatable bonds is 5. The Balaban J connectivity index is 3.86. The Morgan fingerprint density at radius 2 is 2.07 bits per heavy atom. The first-order valence-electron chi connectivity index (χ1n) is 4.99. The zero-order valence-electron chi connectivity index (χ0n) is 9.81. The van der Waals surface area contributed by atoms with Gasteiger partial charge in [0.1, 0.15) is 0 Å². The smallest absolute Gasteiger partial charge is 0.315 e. The van der Waals surface area contributed by atoms with E-state index in [1.807, 2.05) is 27.7 Å². The molecule has 0 aromatic carbocycles. The Hall–Kier alpha value is -0.770. The Labute approximate surface area is 86.4 Å². The van der Waals surface area contributed by atoms with Crippen molar-refractivity contribution >= 4 is 6.03 Å². The van der Waals surface area contributed by atoms with Crippen LogP contribution in [0.4, 0.5) is 4.79 Å². The molecule has 2 amide bonds. The summed E-state index contributed by atoms with van der Waals surface area (Å²) in [6, 6.07) is -0.103. The lowest BCUT2D eigenvalue weighted by atomic mass is 10.0. The highest BCUT2D eigenvalue weighted by Gasteiger charge is 2.18. The summed E-state index contributed by atoms with van der Waals surface area (Å²) in [5, 5.41) is 5.69. The number of nitrogens with one attached hydrogen (secondary N) is 2. The molecule has 0 heterocycles. The average Bonchev–Trinajstić information content (AvgIpc) is 2.03. The van der Waals surface area contributed by atoms with Crippen LogP contribution < -0.4 is 10.6 Å². The van der Waals surface area contributed by atoms with Gasteiger partial charge in [-0.25, -0.2) is 4.79 Å². The molecule has 0 unspecified atom stereocenters. The summed E-state index contributed by atoms with van der Waals surface area (Å²) >= 11 is 0. The molecule has 0 radical (unpaired) electrons. The maximum Gasteiger partial charge on any atom is 0.315 e. The number of hydrogen-bond acceptors (Lipinski definition) is 2. The third-order valence-corrected chi connectivity index (χ3v) is 2.13. The van der Waals surface area contributed by atoms with Gasteiger partial charge in [-0.2, -0.15) is 0 Å². The minimum Gasteiger partial charge on any atom is -0.383 e. The van der Waals surface area contributed by atoms with E-state index in [0.29, 0.717) is 6.61 Å². The van der Waals surface area contributed by atoms with E-state index in [1.54, 1.807) is 7.11 Å². The lowest BCUT2D eigenvalue weighted by Crippen LogP contribution is -2.50. The van der Waals surface area contributed by atoms with Crippen molar-refractivity contribution in [1.82, 2.24) is 10.6 Å². The highest BCUT2D eigenvalue weighted by Crippen LogP contribution is 2.05. The van der Waals surface area contributed by atoms with Gasteiger partial charge in [0.2, 0.25) is 0 Å². The van der Waals surface area contributed by atoms with Gasteiger partial charge < -0.3 is 15.4 Å². The standard InChI is InChI=1S/C10H22N2O2/c1-6-10(3,4)12-9(13)11-8(2)7-14-5/h8H,6-7H2,1-5H3,(H2,11,12,13)/t8-/m0/s1. The van der Waals surface area contributed by atoms with Crippen LogP contribution in [0.2, 0.25) is 0 Å². The molecule has 0 aromatic heterocycles. The van der Waals surface area contributed by atoms with Crippen LogP contribution in [0.5, 0.6) is 0 Å². The van der Waals surface area contributed by atoms with E-state index in [1.165, 1.54) is 0 Å². The van der Waals surface area contributed by atoms with Gasteiger partial charge in [-0.3, -0.25) is 0 Å². The first-order chi connectivity index (χ1) is 6.41. The van der Waals surface area contributed by atoms with E-state index in [0.717, 1.165) is 6.42 Å². The number of urea groups is 1. The van der Waals surface area contributed by atoms with Crippen molar-refractivity contribution in [2.75, 3.05) is 13.7 Å². The molecule has 1 atom stereocenters. The van der Waals surface area contributed by atoms with Gasteiger partial charge in [0, 0.05) is 12.6 Å². The molecule has 0 saturated carbocycles. The maximum atomic E-state index is 11.4. The van der Waals surface area contributed by atoms with E-state index in [2.05, 4.69) is 10.6 Å². The van der Waals surface area contributed by atoms with Crippen molar-refractivity contribution in [3.63, 3.8) is 0 Å². The largest absolute Gasteiger partial charge is 0.383 e. The third-order valence-electron chi connectivity index (χ3n) is 2.13. The van der Waals surface area contributed by atoms with Gasteiger partial charge in [-0.15, -0.1) is 0 Å². The Bertz CT molecular complexity index is 181. The van der Waals surface area contributed by atoms with Gasteiger partial charge >= 0.3 is 6.03 Å². The third kappa shape index (κ3) is 5.80. The Morgan fingerprint density at radius 1 is 1.50 bits per heavy atom. The number of carbonyl (C=O) groups is 1. The molecule has 0 aliphatic carbocycles. The number of amides is 2. The van der Waals surface area contributed by atoms with E-state index in [4.69, 9.17) is 4.74 Å². The van der Waals surface area contributed by atoms with Gasteiger partial charge in [-0.1, -0.05) is 6.92 Å². The zero-order valence-corrected chi connectivity index (χ0v) is 9.81. The van der Waals surface area contributed by atoms with Gasteiger partial charge in [0.15, 0.2) is 0 Å². The number of carbonyl (C=O) groups excluding carboxylic acids is 1. The van der Waals surface area contributed by atoms with E-state index in [-0.39, 0.29) is 17.6 Å². The van der Waals surface area contributed by atoms with Crippen LogP contribution in [0.1, 0.15) is 34.1 Å². The van der Waals surface area contributed by atoms with Crippen LogP contribution in [-0.2, 0) is 4.74 Å². The molecule has 2 N–H and O–H groups in total.